The number of fused-ring (bicyclic) bond motifs is 2. The second kappa shape index (κ2) is 5.89. The highest BCUT2D eigenvalue weighted by molar-refractivity contribution is 5.74. The van der Waals surface area contributed by atoms with E-state index in [-0.39, 0.29) is 6.03 Å². The van der Waals surface area contributed by atoms with Crippen molar-refractivity contribution in [3.05, 3.63) is 11.6 Å². The third kappa shape index (κ3) is 2.59. The van der Waals surface area contributed by atoms with Gasteiger partial charge in [0.05, 0.1) is 6.54 Å². The first-order valence-corrected chi connectivity index (χ1v) is 8.75. The Morgan fingerprint density at radius 2 is 1.95 bits per heavy atom. The Labute approximate surface area is 131 Å². The number of nitrogens with zero attached hydrogens (tertiary/aromatic N) is 4. The van der Waals surface area contributed by atoms with Gasteiger partial charge in [0, 0.05) is 26.1 Å². The standard InChI is InChI=1S/C16H25N5O/c22-16(17-10-15-19-18-14-6-3-8-21(14)15)20-9-7-12-4-1-2-5-13(12)11-20/h12-13H,1-11H2,(H,17,22)/t12-,13-/m0/s1. The number of amides is 2. The van der Waals surface area contributed by atoms with Gasteiger partial charge in [-0.3, -0.25) is 0 Å². The Kier molecular flexibility index (Phi) is 3.76. The normalized spacial score (nSPS) is 27.4. The summed E-state index contributed by atoms with van der Waals surface area (Å²) in [4.78, 5) is 14.4. The third-order valence-corrected chi connectivity index (χ3v) is 5.66. The number of hydrogen-bond donors (Lipinski definition) is 1. The Morgan fingerprint density at radius 1 is 1.09 bits per heavy atom. The molecule has 4 rings (SSSR count). The predicted molar refractivity (Wildman–Crippen MR) is 82.2 cm³/mol. The maximum atomic E-state index is 12.4. The summed E-state index contributed by atoms with van der Waals surface area (Å²) in [6.45, 7) is 3.33. The summed E-state index contributed by atoms with van der Waals surface area (Å²) in [6.07, 6.45) is 8.71. The van der Waals surface area contributed by atoms with E-state index in [1.54, 1.807) is 0 Å². The van der Waals surface area contributed by atoms with E-state index < -0.39 is 0 Å². The summed E-state index contributed by atoms with van der Waals surface area (Å²) in [5.41, 5.74) is 0. The van der Waals surface area contributed by atoms with Crippen molar-refractivity contribution in [1.82, 2.24) is 25.0 Å². The molecule has 1 saturated carbocycles. The van der Waals surface area contributed by atoms with Gasteiger partial charge in [0.15, 0.2) is 5.82 Å². The van der Waals surface area contributed by atoms with Crippen molar-refractivity contribution >= 4 is 6.03 Å². The molecular formula is C16H25N5O. The van der Waals surface area contributed by atoms with E-state index in [0.717, 1.165) is 56.0 Å². The van der Waals surface area contributed by atoms with Crippen molar-refractivity contribution in [3.8, 4) is 0 Å². The predicted octanol–water partition coefficient (Wildman–Crippen LogP) is 1.95. The monoisotopic (exact) mass is 303 g/mol. The van der Waals surface area contributed by atoms with E-state index in [4.69, 9.17) is 0 Å². The number of aromatic nitrogens is 3. The van der Waals surface area contributed by atoms with Crippen molar-refractivity contribution < 1.29 is 4.79 Å². The summed E-state index contributed by atoms with van der Waals surface area (Å²) in [5.74, 6) is 3.55. The average molecular weight is 303 g/mol. The maximum Gasteiger partial charge on any atom is 0.317 e. The number of carbonyl (C=O) groups is 1. The quantitative estimate of drug-likeness (QED) is 0.908. The van der Waals surface area contributed by atoms with Gasteiger partial charge in [0.1, 0.15) is 5.82 Å². The minimum atomic E-state index is 0.0689. The van der Waals surface area contributed by atoms with Crippen molar-refractivity contribution in [2.75, 3.05) is 13.1 Å². The minimum absolute atomic E-state index is 0.0689. The molecule has 2 atom stereocenters. The van der Waals surface area contributed by atoms with Gasteiger partial charge < -0.3 is 14.8 Å². The van der Waals surface area contributed by atoms with Crippen LogP contribution in [0.5, 0.6) is 0 Å². The number of carbonyl (C=O) groups excluding carboxylic acids is 1. The van der Waals surface area contributed by atoms with Gasteiger partial charge in [-0.1, -0.05) is 19.3 Å². The van der Waals surface area contributed by atoms with E-state index in [0.29, 0.717) is 6.54 Å². The Morgan fingerprint density at radius 3 is 2.86 bits per heavy atom. The van der Waals surface area contributed by atoms with Crippen LogP contribution in [0.25, 0.3) is 0 Å². The molecule has 22 heavy (non-hydrogen) atoms. The molecule has 1 saturated heterocycles. The van der Waals surface area contributed by atoms with Gasteiger partial charge >= 0.3 is 6.03 Å². The lowest BCUT2D eigenvalue weighted by molar-refractivity contribution is 0.102. The van der Waals surface area contributed by atoms with E-state index in [9.17, 15) is 4.79 Å². The van der Waals surface area contributed by atoms with E-state index in [2.05, 4.69) is 20.1 Å². The summed E-state index contributed by atoms with van der Waals surface area (Å²) >= 11 is 0. The van der Waals surface area contributed by atoms with Crippen molar-refractivity contribution in [2.45, 2.75) is 58.0 Å². The van der Waals surface area contributed by atoms with Crippen LogP contribution in [0.4, 0.5) is 4.79 Å². The van der Waals surface area contributed by atoms with Crippen molar-refractivity contribution in [3.63, 3.8) is 0 Å². The Hall–Kier alpha value is -1.59. The second-order valence-corrected chi connectivity index (χ2v) is 6.99. The fraction of sp³-hybridized carbons (Fsp3) is 0.812. The number of likely N-dealkylation sites (tertiary alicyclic amines) is 1. The van der Waals surface area contributed by atoms with Crippen LogP contribution in [-0.4, -0.2) is 38.8 Å². The Bertz CT molecular complexity index is 555. The van der Waals surface area contributed by atoms with Gasteiger partial charge in [0.2, 0.25) is 0 Å². The van der Waals surface area contributed by atoms with Crippen LogP contribution in [0.3, 0.4) is 0 Å². The number of aryl methyl sites for hydroxylation is 1. The first-order valence-electron chi connectivity index (χ1n) is 8.75. The highest BCUT2D eigenvalue weighted by Crippen LogP contribution is 2.35. The van der Waals surface area contributed by atoms with Crippen molar-refractivity contribution in [2.24, 2.45) is 11.8 Å². The van der Waals surface area contributed by atoms with Gasteiger partial charge in [-0.25, -0.2) is 4.79 Å². The van der Waals surface area contributed by atoms with Crippen LogP contribution >= 0.6 is 0 Å². The molecule has 0 aromatic carbocycles. The van der Waals surface area contributed by atoms with Gasteiger partial charge in [-0.15, -0.1) is 10.2 Å². The molecule has 6 heteroatoms. The molecule has 0 bridgehead atoms. The lowest BCUT2D eigenvalue weighted by atomic mass is 9.75. The molecule has 120 valence electrons. The first-order chi connectivity index (χ1) is 10.8. The summed E-state index contributed by atoms with van der Waals surface area (Å²) in [6, 6.07) is 0.0689. The van der Waals surface area contributed by atoms with E-state index in [1.165, 1.54) is 32.1 Å². The summed E-state index contributed by atoms with van der Waals surface area (Å²) in [7, 11) is 0. The SMILES string of the molecule is O=C(NCc1nnc2n1CCC2)N1CC[C@@H]2CCCC[C@H]2C1. The highest BCUT2D eigenvalue weighted by atomic mass is 16.2. The van der Waals surface area contributed by atoms with Crippen LogP contribution in [-0.2, 0) is 19.5 Å². The molecule has 3 heterocycles. The number of piperidine rings is 1. The smallest absolute Gasteiger partial charge is 0.317 e. The molecule has 0 radical (unpaired) electrons. The molecule has 2 amide bonds. The van der Waals surface area contributed by atoms with Crippen LogP contribution in [0, 0.1) is 11.8 Å². The Balaban J connectivity index is 1.32. The first kappa shape index (κ1) is 14.0. The summed E-state index contributed by atoms with van der Waals surface area (Å²) in [5, 5.41) is 11.4. The van der Waals surface area contributed by atoms with Gasteiger partial charge in [-0.05, 0) is 31.1 Å². The van der Waals surface area contributed by atoms with E-state index >= 15 is 0 Å². The zero-order valence-electron chi connectivity index (χ0n) is 13.1. The molecule has 3 aliphatic rings. The number of nitrogens with one attached hydrogen (secondary N) is 1. The average Bonchev–Trinajstić information content (AvgIpc) is 3.16. The maximum absolute atomic E-state index is 12.4. The molecule has 1 aliphatic carbocycles. The zero-order chi connectivity index (χ0) is 14.9. The lowest BCUT2D eigenvalue weighted by Crippen LogP contribution is -2.48. The van der Waals surface area contributed by atoms with Crippen LogP contribution in [0.1, 0.15) is 50.2 Å². The number of rotatable bonds is 2. The number of hydrogen-bond acceptors (Lipinski definition) is 3. The largest absolute Gasteiger partial charge is 0.331 e. The molecule has 1 N–H and O–H groups in total. The molecule has 1 aromatic rings. The van der Waals surface area contributed by atoms with E-state index in [1.807, 2.05) is 4.90 Å². The molecule has 2 fully saturated rings. The second-order valence-electron chi connectivity index (χ2n) is 6.99. The van der Waals surface area contributed by atoms with Gasteiger partial charge in [0.25, 0.3) is 0 Å². The van der Waals surface area contributed by atoms with Crippen LogP contribution in [0.2, 0.25) is 0 Å². The van der Waals surface area contributed by atoms with Crippen LogP contribution < -0.4 is 5.32 Å². The minimum Gasteiger partial charge on any atom is -0.331 e. The topological polar surface area (TPSA) is 63.1 Å². The molecule has 0 spiro atoms. The fourth-order valence-electron chi connectivity index (χ4n) is 4.39. The molecule has 6 nitrogen and oxygen atoms in total. The van der Waals surface area contributed by atoms with Gasteiger partial charge in [-0.2, -0.15) is 0 Å². The van der Waals surface area contributed by atoms with Crippen LogP contribution in [0.15, 0.2) is 0 Å². The molecule has 1 aromatic heterocycles. The summed E-state index contributed by atoms with van der Waals surface area (Å²) < 4.78 is 2.15. The highest BCUT2D eigenvalue weighted by Gasteiger charge is 2.33. The molecule has 0 unspecified atom stereocenters. The number of urea groups is 1. The molecule has 2 aliphatic heterocycles. The zero-order valence-corrected chi connectivity index (χ0v) is 13.1. The lowest BCUT2D eigenvalue weighted by Gasteiger charge is -2.41. The van der Waals surface area contributed by atoms with Crippen molar-refractivity contribution in [1.29, 1.82) is 0 Å². The third-order valence-electron chi connectivity index (χ3n) is 5.66. The fourth-order valence-corrected chi connectivity index (χ4v) is 4.39. The molecular weight excluding hydrogens is 278 g/mol.